The molecule has 0 atom stereocenters. The zero-order chi connectivity index (χ0) is 13.2. The Kier molecular flexibility index (Phi) is 3.63. The van der Waals surface area contributed by atoms with Crippen molar-refractivity contribution in [2.24, 2.45) is 5.73 Å². The van der Waals surface area contributed by atoms with Crippen molar-refractivity contribution >= 4 is 5.91 Å². The van der Waals surface area contributed by atoms with Crippen LogP contribution >= 0.6 is 0 Å². The number of benzene rings is 1. The van der Waals surface area contributed by atoms with Crippen molar-refractivity contribution in [3.05, 3.63) is 35.1 Å². The molecule has 0 heterocycles. The third-order valence-corrected chi connectivity index (χ3v) is 3.60. The Morgan fingerprint density at radius 2 is 2.22 bits per heavy atom. The maximum Gasteiger partial charge on any atom is 0.248 e. The van der Waals surface area contributed by atoms with Crippen molar-refractivity contribution in [2.75, 3.05) is 6.61 Å². The second kappa shape index (κ2) is 5.04. The van der Waals surface area contributed by atoms with E-state index < -0.39 is 11.7 Å². The number of nitrogens with two attached hydrogens (primary N) is 1. The minimum absolute atomic E-state index is 0.0635. The van der Waals surface area contributed by atoms with E-state index in [2.05, 4.69) is 5.32 Å². The van der Waals surface area contributed by atoms with Crippen LogP contribution in [0.3, 0.4) is 0 Å². The lowest BCUT2D eigenvalue weighted by atomic mass is 9.77. The second-order valence-electron chi connectivity index (χ2n) is 4.82. The average molecular weight is 252 g/mol. The van der Waals surface area contributed by atoms with Crippen LogP contribution in [0.25, 0.3) is 0 Å². The van der Waals surface area contributed by atoms with E-state index in [1.165, 1.54) is 6.07 Å². The largest absolute Gasteiger partial charge is 0.394 e. The highest BCUT2D eigenvalue weighted by Crippen LogP contribution is 2.31. The number of amides is 1. The van der Waals surface area contributed by atoms with Crippen LogP contribution < -0.4 is 11.1 Å². The van der Waals surface area contributed by atoms with Gasteiger partial charge in [0.1, 0.15) is 5.82 Å². The van der Waals surface area contributed by atoms with Crippen LogP contribution in [0.1, 0.15) is 35.2 Å². The van der Waals surface area contributed by atoms with Gasteiger partial charge < -0.3 is 16.2 Å². The molecule has 1 amide bonds. The Hall–Kier alpha value is -1.46. The first-order valence-electron chi connectivity index (χ1n) is 6.00. The van der Waals surface area contributed by atoms with Crippen molar-refractivity contribution in [1.82, 2.24) is 5.32 Å². The average Bonchev–Trinajstić information content (AvgIpc) is 2.29. The highest BCUT2D eigenvalue weighted by Gasteiger charge is 2.35. The molecule has 1 saturated carbocycles. The third kappa shape index (κ3) is 2.52. The van der Waals surface area contributed by atoms with Gasteiger partial charge in [0.2, 0.25) is 5.91 Å². The molecule has 1 aliphatic rings. The van der Waals surface area contributed by atoms with Gasteiger partial charge in [0.25, 0.3) is 0 Å². The number of aliphatic hydroxyl groups is 1. The van der Waals surface area contributed by atoms with Crippen molar-refractivity contribution < 1.29 is 14.3 Å². The molecule has 0 bridgehead atoms. The van der Waals surface area contributed by atoms with E-state index >= 15 is 0 Å². The molecule has 1 aromatic rings. The standard InChI is InChI=1S/C13H17FN2O2/c14-11-6-9(12(15)18)2-3-10(11)7-16-13(8-17)4-1-5-13/h2-3,6,16-17H,1,4-5,7-8H2,(H2,15,18). The molecule has 1 fully saturated rings. The van der Waals surface area contributed by atoms with Crippen LogP contribution in [0.2, 0.25) is 0 Å². The molecule has 0 aliphatic heterocycles. The van der Waals surface area contributed by atoms with E-state index in [4.69, 9.17) is 5.73 Å². The predicted molar refractivity (Wildman–Crippen MR) is 65.4 cm³/mol. The van der Waals surface area contributed by atoms with Gasteiger partial charge in [-0.25, -0.2) is 4.39 Å². The maximum absolute atomic E-state index is 13.7. The lowest BCUT2D eigenvalue weighted by Gasteiger charge is -2.41. The minimum Gasteiger partial charge on any atom is -0.394 e. The van der Waals surface area contributed by atoms with Crippen molar-refractivity contribution in [2.45, 2.75) is 31.3 Å². The van der Waals surface area contributed by atoms with Gasteiger partial charge in [-0.1, -0.05) is 6.07 Å². The summed E-state index contributed by atoms with van der Waals surface area (Å²) >= 11 is 0. The highest BCUT2D eigenvalue weighted by molar-refractivity contribution is 5.92. The predicted octanol–water partition coefficient (Wildman–Crippen LogP) is 0.929. The molecule has 0 spiro atoms. The van der Waals surface area contributed by atoms with Gasteiger partial charge in [0.15, 0.2) is 0 Å². The van der Waals surface area contributed by atoms with E-state index in [1.54, 1.807) is 6.07 Å². The monoisotopic (exact) mass is 252 g/mol. The fourth-order valence-corrected chi connectivity index (χ4v) is 2.12. The summed E-state index contributed by atoms with van der Waals surface area (Å²) < 4.78 is 13.7. The van der Waals surface area contributed by atoms with E-state index in [1.807, 2.05) is 0 Å². The lowest BCUT2D eigenvalue weighted by molar-refractivity contribution is 0.0869. The Labute approximate surface area is 105 Å². The summed E-state index contributed by atoms with van der Waals surface area (Å²) in [4.78, 5) is 10.9. The SMILES string of the molecule is NC(=O)c1ccc(CNC2(CO)CCC2)c(F)c1. The summed E-state index contributed by atoms with van der Waals surface area (Å²) in [5.74, 6) is -1.09. The molecule has 98 valence electrons. The van der Waals surface area contributed by atoms with Crippen LogP contribution in [0.15, 0.2) is 18.2 Å². The lowest BCUT2D eigenvalue weighted by Crippen LogP contribution is -2.53. The zero-order valence-electron chi connectivity index (χ0n) is 10.1. The number of aliphatic hydroxyl groups excluding tert-OH is 1. The summed E-state index contributed by atoms with van der Waals surface area (Å²) in [5.41, 5.74) is 5.45. The van der Waals surface area contributed by atoms with Crippen LogP contribution in [0.5, 0.6) is 0 Å². The van der Waals surface area contributed by atoms with E-state index in [0.717, 1.165) is 25.3 Å². The molecular formula is C13H17FN2O2. The Bertz CT molecular complexity index is 453. The summed E-state index contributed by atoms with van der Waals surface area (Å²) in [7, 11) is 0. The number of nitrogens with one attached hydrogen (secondary N) is 1. The first kappa shape index (κ1) is 13.0. The van der Waals surface area contributed by atoms with Gasteiger partial charge in [0, 0.05) is 23.2 Å². The molecule has 0 unspecified atom stereocenters. The summed E-state index contributed by atoms with van der Waals surface area (Å²) in [5, 5.41) is 12.5. The number of halogens is 1. The first-order chi connectivity index (χ1) is 8.56. The number of hydrogen-bond donors (Lipinski definition) is 3. The van der Waals surface area contributed by atoms with Crippen molar-refractivity contribution in [1.29, 1.82) is 0 Å². The van der Waals surface area contributed by atoms with Gasteiger partial charge >= 0.3 is 0 Å². The molecular weight excluding hydrogens is 235 g/mol. The number of carbonyl (C=O) groups is 1. The van der Waals surface area contributed by atoms with E-state index in [-0.39, 0.29) is 17.7 Å². The number of rotatable bonds is 5. The van der Waals surface area contributed by atoms with Crippen LogP contribution in [0.4, 0.5) is 4.39 Å². The van der Waals surface area contributed by atoms with E-state index in [9.17, 15) is 14.3 Å². The van der Waals surface area contributed by atoms with Crippen LogP contribution in [-0.4, -0.2) is 23.2 Å². The Balaban J connectivity index is 2.03. The Morgan fingerprint density at radius 3 is 2.67 bits per heavy atom. The molecule has 0 saturated heterocycles. The van der Waals surface area contributed by atoms with Crippen molar-refractivity contribution in [3.8, 4) is 0 Å². The molecule has 1 aromatic carbocycles. The van der Waals surface area contributed by atoms with Gasteiger partial charge in [-0.05, 0) is 31.4 Å². The van der Waals surface area contributed by atoms with Crippen LogP contribution in [-0.2, 0) is 6.54 Å². The fourth-order valence-electron chi connectivity index (χ4n) is 2.12. The number of carbonyl (C=O) groups excluding carboxylic acids is 1. The molecule has 5 heteroatoms. The Morgan fingerprint density at radius 1 is 1.50 bits per heavy atom. The third-order valence-electron chi connectivity index (χ3n) is 3.60. The quantitative estimate of drug-likeness (QED) is 0.729. The van der Waals surface area contributed by atoms with Gasteiger partial charge in [-0.2, -0.15) is 0 Å². The van der Waals surface area contributed by atoms with E-state index in [0.29, 0.717) is 12.1 Å². The van der Waals surface area contributed by atoms with Gasteiger partial charge in [-0.15, -0.1) is 0 Å². The number of hydrogen-bond acceptors (Lipinski definition) is 3. The topological polar surface area (TPSA) is 75.4 Å². The van der Waals surface area contributed by atoms with Crippen molar-refractivity contribution in [3.63, 3.8) is 0 Å². The summed E-state index contributed by atoms with van der Waals surface area (Å²) in [6.07, 6.45) is 2.89. The molecule has 1 aliphatic carbocycles. The molecule has 0 radical (unpaired) electrons. The fraction of sp³-hybridized carbons (Fsp3) is 0.462. The molecule has 18 heavy (non-hydrogen) atoms. The van der Waals surface area contributed by atoms with Gasteiger partial charge in [0.05, 0.1) is 6.61 Å². The van der Waals surface area contributed by atoms with Gasteiger partial charge in [-0.3, -0.25) is 4.79 Å². The normalized spacial score (nSPS) is 17.2. The zero-order valence-corrected chi connectivity index (χ0v) is 10.1. The minimum atomic E-state index is -0.640. The summed E-state index contributed by atoms with van der Waals surface area (Å²) in [6.45, 7) is 0.402. The maximum atomic E-state index is 13.7. The molecule has 4 N–H and O–H groups in total. The first-order valence-corrected chi connectivity index (χ1v) is 6.00. The highest BCUT2D eigenvalue weighted by atomic mass is 19.1. The van der Waals surface area contributed by atoms with Crippen LogP contribution in [0, 0.1) is 5.82 Å². The molecule has 4 nitrogen and oxygen atoms in total. The molecule has 2 rings (SSSR count). The smallest absolute Gasteiger partial charge is 0.248 e. The molecule has 0 aromatic heterocycles. The number of primary amides is 1. The second-order valence-corrected chi connectivity index (χ2v) is 4.82. The summed E-state index contributed by atoms with van der Waals surface area (Å²) in [6, 6.07) is 4.20.